The standard InChI is InChI=1S/C15H15NO6/c1-9(17)2-3-10-4-6-11(7-5-10)15(20)22-12-8-13(18)16(21)14(12)19/h4-7,12,21H,2-3,8H2,1H3. The fraction of sp³-hybridized carbons (Fsp3) is 0.333. The van der Waals surface area contributed by atoms with E-state index >= 15 is 0 Å². The molecule has 7 nitrogen and oxygen atoms in total. The number of aryl methyl sites for hydroxylation is 1. The Morgan fingerprint density at radius 2 is 1.91 bits per heavy atom. The van der Waals surface area contributed by atoms with Gasteiger partial charge in [0.05, 0.1) is 12.0 Å². The average Bonchev–Trinajstić information content (AvgIpc) is 2.73. The zero-order valence-corrected chi connectivity index (χ0v) is 11.9. The Bertz CT molecular complexity index is 621. The molecule has 0 saturated carbocycles. The normalized spacial score (nSPS) is 17.7. The van der Waals surface area contributed by atoms with E-state index in [-0.39, 0.29) is 22.8 Å². The van der Waals surface area contributed by atoms with E-state index in [9.17, 15) is 19.2 Å². The summed E-state index contributed by atoms with van der Waals surface area (Å²) in [6.07, 6.45) is -0.644. The molecule has 1 aromatic carbocycles. The van der Waals surface area contributed by atoms with Crippen LogP contribution in [0.2, 0.25) is 0 Å². The quantitative estimate of drug-likeness (QED) is 0.492. The van der Waals surface area contributed by atoms with E-state index in [0.29, 0.717) is 12.8 Å². The lowest BCUT2D eigenvalue weighted by molar-refractivity contribution is -0.173. The summed E-state index contributed by atoms with van der Waals surface area (Å²) < 4.78 is 4.92. The third-order valence-electron chi connectivity index (χ3n) is 3.29. The lowest BCUT2D eigenvalue weighted by Crippen LogP contribution is -2.30. The Morgan fingerprint density at radius 1 is 1.27 bits per heavy atom. The number of carbonyl (C=O) groups is 4. The summed E-state index contributed by atoms with van der Waals surface area (Å²) in [5, 5.41) is 9.04. The molecule has 1 heterocycles. The fourth-order valence-electron chi connectivity index (χ4n) is 2.01. The molecule has 22 heavy (non-hydrogen) atoms. The van der Waals surface area contributed by atoms with Crippen LogP contribution in [-0.4, -0.2) is 39.9 Å². The van der Waals surface area contributed by atoms with E-state index in [1.807, 2.05) is 0 Å². The molecule has 1 saturated heterocycles. The minimum Gasteiger partial charge on any atom is -0.448 e. The van der Waals surface area contributed by atoms with Crippen LogP contribution in [0, 0.1) is 0 Å². The minimum atomic E-state index is -1.29. The first-order valence-electron chi connectivity index (χ1n) is 6.73. The Morgan fingerprint density at radius 3 is 2.41 bits per heavy atom. The number of esters is 1. The summed E-state index contributed by atoms with van der Waals surface area (Å²) in [6.45, 7) is 1.51. The lowest BCUT2D eigenvalue weighted by atomic mass is 10.1. The van der Waals surface area contributed by atoms with Crippen molar-refractivity contribution in [3.05, 3.63) is 35.4 Å². The molecule has 0 aromatic heterocycles. The molecular formula is C15H15NO6. The Labute approximate surface area is 126 Å². The van der Waals surface area contributed by atoms with Crippen LogP contribution in [-0.2, 0) is 25.5 Å². The van der Waals surface area contributed by atoms with E-state index < -0.39 is 23.9 Å². The van der Waals surface area contributed by atoms with Crippen LogP contribution in [0.1, 0.15) is 35.7 Å². The summed E-state index contributed by atoms with van der Waals surface area (Å²) in [5.74, 6) is -2.42. The molecule has 0 aliphatic carbocycles. The zero-order valence-electron chi connectivity index (χ0n) is 11.9. The van der Waals surface area contributed by atoms with Crippen LogP contribution in [0.4, 0.5) is 0 Å². The van der Waals surface area contributed by atoms with Gasteiger partial charge in [-0.15, -0.1) is 0 Å². The van der Waals surface area contributed by atoms with Gasteiger partial charge in [0.2, 0.25) is 0 Å². The number of ketones is 1. The van der Waals surface area contributed by atoms with Gasteiger partial charge in [-0.3, -0.25) is 14.8 Å². The number of hydrogen-bond acceptors (Lipinski definition) is 6. The van der Waals surface area contributed by atoms with E-state index in [2.05, 4.69) is 0 Å². The SMILES string of the molecule is CC(=O)CCc1ccc(C(=O)OC2CC(=O)N(O)C2=O)cc1. The van der Waals surface area contributed by atoms with Crippen LogP contribution < -0.4 is 0 Å². The second kappa shape index (κ2) is 6.48. The summed E-state index contributed by atoms with van der Waals surface area (Å²) in [4.78, 5) is 45.4. The third kappa shape index (κ3) is 3.56. The third-order valence-corrected chi connectivity index (χ3v) is 3.29. The van der Waals surface area contributed by atoms with Crippen molar-refractivity contribution < 1.29 is 29.1 Å². The first kappa shape index (κ1) is 15.8. The number of Topliss-reactive ketones (excluding diaryl/α,β-unsaturated/α-hetero) is 1. The largest absolute Gasteiger partial charge is 0.448 e. The van der Waals surface area contributed by atoms with Gasteiger partial charge in [0.15, 0.2) is 6.10 Å². The summed E-state index contributed by atoms with van der Waals surface area (Å²) in [7, 11) is 0. The molecule has 1 atom stereocenters. The number of rotatable bonds is 5. The predicted octanol–water partition coefficient (Wildman–Crippen LogP) is 0.882. The molecule has 0 bridgehead atoms. The van der Waals surface area contributed by atoms with Gasteiger partial charge in [0.25, 0.3) is 11.8 Å². The highest BCUT2D eigenvalue weighted by Crippen LogP contribution is 2.16. The second-order valence-corrected chi connectivity index (χ2v) is 5.04. The molecule has 1 N–H and O–H groups in total. The molecular weight excluding hydrogens is 290 g/mol. The predicted molar refractivity (Wildman–Crippen MR) is 72.9 cm³/mol. The van der Waals surface area contributed by atoms with E-state index in [0.717, 1.165) is 5.56 Å². The highest BCUT2D eigenvalue weighted by Gasteiger charge is 2.40. The van der Waals surface area contributed by atoms with Crippen molar-refractivity contribution in [2.24, 2.45) is 0 Å². The lowest BCUT2D eigenvalue weighted by Gasteiger charge is -2.10. The van der Waals surface area contributed by atoms with Gasteiger partial charge in [-0.1, -0.05) is 12.1 Å². The number of ether oxygens (including phenoxy) is 1. The van der Waals surface area contributed by atoms with Crippen molar-refractivity contribution in [1.29, 1.82) is 0 Å². The van der Waals surface area contributed by atoms with Crippen LogP contribution in [0.5, 0.6) is 0 Å². The summed E-state index contributed by atoms with van der Waals surface area (Å²) in [5.41, 5.74) is 1.13. The highest BCUT2D eigenvalue weighted by molar-refractivity contribution is 6.05. The van der Waals surface area contributed by atoms with Crippen LogP contribution >= 0.6 is 0 Å². The topological polar surface area (TPSA) is 101 Å². The van der Waals surface area contributed by atoms with Gasteiger partial charge >= 0.3 is 5.97 Å². The maximum atomic E-state index is 11.9. The van der Waals surface area contributed by atoms with Crippen molar-refractivity contribution >= 4 is 23.6 Å². The maximum absolute atomic E-state index is 11.9. The van der Waals surface area contributed by atoms with Crippen LogP contribution in [0.3, 0.4) is 0 Å². The smallest absolute Gasteiger partial charge is 0.338 e. The second-order valence-electron chi connectivity index (χ2n) is 5.04. The molecule has 0 spiro atoms. The van der Waals surface area contributed by atoms with Crippen molar-refractivity contribution in [3.63, 3.8) is 0 Å². The number of benzene rings is 1. The van der Waals surface area contributed by atoms with E-state index in [4.69, 9.17) is 9.94 Å². The highest BCUT2D eigenvalue weighted by atomic mass is 16.6. The van der Waals surface area contributed by atoms with Gasteiger partial charge in [0.1, 0.15) is 5.78 Å². The Hall–Kier alpha value is -2.54. The number of carbonyl (C=O) groups excluding carboxylic acids is 4. The summed E-state index contributed by atoms with van der Waals surface area (Å²) >= 11 is 0. The number of hydroxylamine groups is 2. The Kier molecular flexibility index (Phi) is 4.67. The van der Waals surface area contributed by atoms with Crippen LogP contribution in [0.15, 0.2) is 24.3 Å². The van der Waals surface area contributed by atoms with Gasteiger partial charge in [-0.05, 0) is 31.0 Å². The van der Waals surface area contributed by atoms with Crippen molar-refractivity contribution in [2.75, 3.05) is 0 Å². The number of hydrogen-bond donors (Lipinski definition) is 1. The van der Waals surface area contributed by atoms with E-state index in [1.54, 1.807) is 12.1 Å². The molecule has 1 aliphatic heterocycles. The molecule has 1 aliphatic rings. The zero-order chi connectivity index (χ0) is 16.3. The molecule has 1 fully saturated rings. The molecule has 2 rings (SSSR count). The number of amides is 2. The fourth-order valence-corrected chi connectivity index (χ4v) is 2.01. The minimum absolute atomic E-state index is 0.0389. The van der Waals surface area contributed by atoms with Crippen molar-refractivity contribution in [2.45, 2.75) is 32.3 Å². The number of nitrogens with zero attached hydrogens (tertiary/aromatic N) is 1. The monoisotopic (exact) mass is 305 g/mol. The first-order chi connectivity index (χ1) is 10.4. The Balaban J connectivity index is 1.97. The molecule has 0 radical (unpaired) electrons. The van der Waals surface area contributed by atoms with Gasteiger partial charge in [-0.2, -0.15) is 5.06 Å². The maximum Gasteiger partial charge on any atom is 0.338 e. The molecule has 1 aromatic rings. The number of imide groups is 1. The van der Waals surface area contributed by atoms with Gasteiger partial charge < -0.3 is 9.53 Å². The van der Waals surface area contributed by atoms with Gasteiger partial charge in [-0.25, -0.2) is 4.79 Å². The van der Waals surface area contributed by atoms with Crippen molar-refractivity contribution in [1.82, 2.24) is 5.06 Å². The first-order valence-corrected chi connectivity index (χ1v) is 6.73. The molecule has 116 valence electrons. The van der Waals surface area contributed by atoms with Gasteiger partial charge in [0, 0.05) is 6.42 Å². The van der Waals surface area contributed by atoms with Crippen molar-refractivity contribution in [3.8, 4) is 0 Å². The average molecular weight is 305 g/mol. The molecule has 2 amide bonds. The summed E-state index contributed by atoms with van der Waals surface area (Å²) in [6, 6.07) is 6.44. The van der Waals surface area contributed by atoms with E-state index in [1.165, 1.54) is 19.1 Å². The molecule has 1 unspecified atom stereocenters. The molecule has 7 heteroatoms. The van der Waals surface area contributed by atoms with Crippen LogP contribution in [0.25, 0.3) is 0 Å².